The molecule has 1 heteroatoms. The SMILES string of the molecule is CCCCCCC1(CCCCCC)CCC(=O)C(C)(CCCCC)C1. The van der Waals surface area contributed by atoms with Crippen LogP contribution in [0.4, 0.5) is 0 Å². The monoisotopic (exact) mass is 350 g/mol. The van der Waals surface area contributed by atoms with E-state index in [0.29, 0.717) is 11.2 Å². The molecular weight excluding hydrogens is 304 g/mol. The Labute approximate surface area is 158 Å². The predicted molar refractivity (Wildman–Crippen MR) is 111 cm³/mol. The van der Waals surface area contributed by atoms with Crippen molar-refractivity contribution in [1.82, 2.24) is 0 Å². The number of ketones is 1. The van der Waals surface area contributed by atoms with Crippen LogP contribution >= 0.6 is 0 Å². The van der Waals surface area contributed by atoms with E-state index in [4.69, 9.17) is 0 Å². The topological polar surface area (TPSA) is 17.1 Å². The lowest BCUT2D eigenvalue weighted by atomic mass is 9.57. The molecule has 0 bridgehead atoms. The van der Waals surface area contributed by atoms with Gasteiger partial charge in [-0.1, -0.05) is 98.3 Å². The van der Waals surface area contributed by atoms with Crippen LogP contribution in [0.15, 0.2) is 0 Å². The van der Waals surface area contributed by atoms with Gasteiger partial charge in [-0.25, -0.2) is 0 Å². The van der Waals surface area contributed by atoms with Gasteiger partial charge in [-0.05, 0) is 37.5 Å². The maximum atomic E-state index is 12.8. The van der Waals surface area contributed by atoms with Crippen LogP contribution in [0.1, 0.15) is 137 Å². The molecule has 0 spiro atoms. The summed E-state index contributed by atoms with van der Waals surface area (Å²) in [7, 11) is 0. The minimum Gasteiger partial charge on any atom is -0.299 e. The first-order valence-corrected chi connectivity index (χ1v) is 11.6. The highest BCUT2D eigenvalue weighted by Gasteiger charge is 2.45. The van der Waals surface area contributed by atoms with Crippen molar-refractivity contribution in [2.24, 2.45) is 10.8 Å². The van der Waals surface area contributed by atoms with E-state index in [9.17, 15) is 4.79 Å². The van der Waals surface area contributed by atoms with E-state index in [0.717, 1.165) is 12.8 Å². The normalized spacial score (nSPS) is 23.1. The lowest BCUT2D eigenvalue weighted by Gasteiger charge is -2.46. The quantitative estimate of drug-likeness (QED) is 0.288. The molecule has 148 valence electrons. The Morgan fingerprint density at radius 2 is 1.20 bits per heavy atom. The average Bonchev–Trinajstić information content (AvgIpc) is 2.60. The van der Waals surface area contributed by atoms with Gasteiger partial charge in [0, 0.05) is 11.8 Å². The number of hydrogen-bond donors (Lipinski definition) is 0. The smallest absolute Gasteiger partial charge is 0.138 e. The highest BCUT2D eigenvalue weighted by Crippen LogP contribution is 2.52. The van der Waals surface area contributed by atoms with Gasteiger partial charge < -0.3 is 0 Å². The molecule has 1 rings (SSSR count). The van der Waals surface area contributed by atoms with Crippen molar-refractivity contribution in [3.8, 4) is 0 Å². The third kappa shape index (κ3) is 7.83. The number of hydrogen-bond acceptors (Lipinski definition) is 1. The van der Waals surface area contributed by atoms with Crippen molar-refractivity contribution in [3.63, 3.8) is 0 Å². The molecule has 0 aliphatic heterocycles. The zero-order chi connectivity index (χ0) is 18.6. The third-order valence-electron chi connectivity index (χ3n) is 6.77. The fourth-order valence-corrected chi connectivity index (χ4v) is 5.09. The highest BCUT2D eigenvalue weighted by molar-refractivity contribution is 5.85. The molecule has 0 aromatic carbocycles. The molecule has 1 aliphatic carbocycles. The molecule has 0 radical (unpaired) electrons. The summed E-state index contributed by atoms with van der Waals surface area (Å²) in [6.07, 6.45) is 21.7. The summed E-state index contributed by atoms with van der Waals surface area (Å²) >= 11 is 0. The minimum absolute atomic E-state index is 0.0249. The zero-order valence-electron chi connectivity index (χ0n) is 17.9. The number of rotatable bonds is 14. The molecule has 0 heterocycles. The Kier molecular flexibility index (Phi) is 11.0. The van der Waals surface area contributed by atoms with Gasteiger partial charge in [0.1, 0.15) is 5.78 Å². The fraction of sp³-hybridized carbons (Fsp3) is 0.958. The summed E-state index contributed by atoms with van der Waals surface area (Å²) in [5.41, 5.74) is 0.444. The number of Topliss-reactive ketones (excluding diaryl/α,β-unsaturated/α-hetero) is 1. The van der Waals surface area contributed by atoms with E-state index < -0.39 is 0 Å². The van der Waals surface area contributed by atoms with Gasteiger partial charge in [-0.2, -0.15) is 0 Å². The van der Waals surface area contributed by atoms with Gasteiger partial charge in [0.2, 0.25) is 0 Å². The zero-order valence-corrected chi connectivity index (χ0v) is 17.9. The van der Waals surface area contributed by atoms with E-state index in [2.05, 4.69) is 27.7 Å². The Morgan fingerprint density at radius 3 is 1.72 bits per heavy atom. The third-order valence-corrected chi connectivity index (χ3v) is 6.77. The molecule has 1 fully saturated rings. The summed E-state index contributed by atoms with van der Waals surface area (Å²) < 4.78 is 0. The molecule has 25 heavy (non-hydrogen) atoms. The molecular formula is C24H46O. The van der Waals surface area contributed by atoms with Gasteiger partial charge >= 0.3 is 0 Å². The van der Waals surface area contributed by atoms with Gasteiger partial charge in [-0.3, -0.25) is 4.79 Å². The van der Waals surface area contributed by atoms with Crippen molar-refractivity contribution in [1.29, 1.82) is 0 Å². The van der Waals surface area contributed by atoms with Crippen molar-refractivity contribution in [2.75, 3.05) is 0 Å². The first-order chi connectivity index (χ1) is 12.0. The predicted octanol–water partition coefficient (Wildman–Crippen LogP) is 8.25. The van der Waals surface area contributed by atoms with E-state index in [-0.39, 0.29) is 5.41 Å². The van der Waals surface area contributed by atoms with E-state index in [1.807, 2.05) is 0 Å². The Hall–Kier alpha value is -0.330. The molecule has 0 aromatic rings. The van der Waals surface area contributed by atoms with Crippen molar-refractivity contribution >= 4 is 5.78 Å². The second-order valence-electron chi connectivity index (χ2n) is 9.24. The Bertz CT molecular complexity index is 347. The van der Waals surface area contributed by atoms with Crippen LogP contribution < -0.4 is 0 Å². The standard InChI is InChI=1S/C24H46O/c1-5-8-11-14-18-24(19-15-12-9-6-2)20-16-22(25)23(4,21-24)17-13-10-7-3/h5-21H2,1-4H3. The largest absolute Gasteiger partial charge is 0.299 e. The van der Waals surface area contributed by atoms with Crippen molar-refractivity contribution in [2.45, 2.75) is 137 Å². The molecule has 1 unspecified atom stereocenters. The van der Waals surface area contributed by atoms with Gasteiger partial charge in [-0.15, -0.1) is 0 Å². The summed E-state index contributed by atoms with van der Waals surface area (Å²) in [5, 5.41) is 0. The van der Waals surface area contributed by atoms with Crippen LogP contribution in [-0.4, -0.2) is 5.78 Å². The lowest BCUT2D eigenvalue weighted by Crippen LogP contribution is -2.41. The summed E-state index contributed by atoms with van der Waals surface area (Å²) in [4.78, 5) is 12.8. The van der Waals surface area contributed by atoms with Crippen LogP contribution in [0.5, 0.6) is 0 Å². The Morgan fingerprint density at radius 1 is 0.720 bits per heavy atom. The summed E-state index contributed by atoms with van der Waals surface area (Å²) in [5.74, 6) is 0.571. The molecule has 1 atom stereocenters. The number of carbonyl (C=O) groups excluding carboxylic acids is 1. The second kappa shape index (κ2) is 12.1. The van der Waals surface area contributed by atoms with E-state index in [1.54, 1.807) is 0 Å². The van der Waals surface area contributed by atoms with Crippen LogP contribution in [0.2, 0.25) is 0 Å². The second-order valence-corrected chi connectivity index (χ2v) is 9.24. The van der Waals surface area contributed by atoms with Gasteiger partial charge in [0.05, 0.1) is 0 Å². The molecule has 1 saturated carbocycles. The molecule has 0 N–H and O–H groups in total. The molecule has 0 aromatic heterocycles. The molecule has 0 saturated heterocycles. The van der Waals surface area contributed by atoms with E-state index >= 15 is 0 Å². The molecule has 1 nitrogen and oxygen atoms in total. The summed E-state index contributed by atoms with van der Waals surface area (Å²) in [6.45, 7) is 9.16. The van der Waals surface area contributed by atoms with Crippen LogP contribution in [-0.2, 0) is 4.79 Å². The van der Waals surface area contributed by atoms with Crippen LogP contribution in [0.3, 0.4) is 0 Å². The summed E-state index contributed by atoms with van der Waals surface area (Å²) in [6, 6.07) is 0. The minimum atomic E-state index is -0.0249. The number of unbranched alkanes of at least 4 members (excludes halogenated alkanes) is 8. The maximum Gasteiger partial charge on any atom is 0.138 e. The van der Waals surface area contributed by atoms with Crippen molar-refractivity contribution < 1.29 is 4.79 Å². The number of carbonyl (C=O) groups is 1. The first kappa shape index (κ1) is 22.7. The van der Waals surface area contributed by atoms with Crippen LogP contribution in [0.25, 0.3) is 0 Å². The first-order valence-electron chi connectivity index (χ1n) is 11.6. The Balaban J connectivity index is 2.71. The lowest BCUT2D eigenvalue weighted by molar-refractivity contribution is -0.136. The van der Waals surface area contributed by atoms with Gasteiger partial charge in [0.25, 0.3) is 0 Å². The average molecular weight is 351 g/mol. The highest BCUT2D eigenvalue weighted by atomic mass is 16.1. The maximum absolute atomic E-state index is 12.8. The van der Waals surface area contributed by atoms with Crippen molar-refractivity contribution in [3.05, 3.63) is 0 Å². The fourth-order valence-electron chi connectivity index (χ4n) is 5.09. The van der Waals surface area contributed by atoms with E-state index in [1.165, 1.54) is 96.3 Å². The molecule has 1 aliphatic rings. The van der Waals surface area contributed by atoms with Crippen LogP contribution in [0, 0.1) is 10.8 Å². The molecule has 0 amide bonds. The van der Waals surface area contributed by atoms with Gasteiger partial charge in [0.15, 0.2) is 0 Å².